The number of aliphatic hydroxyl groups excluding tert-OH is 1. The van der Waals surface area contributed by atoms with Gasteiger partial charge >= 0.3 is 0 Å². The van der Waals surface area contributed by atoms with Crippen molar-refractivity contribution in [3.05, 3.63) is 74.7 Å². The zero-order chi connectivity index (χ0) is 26.7. The average Bonchev–Trinajstić information content (AvgIpc) is 3.68. The number of rotatable bonds is 10. The molecule has 3 aromatic rings. The molecule has 1 unspecified atom stereocenters. The molecule has 0 radical (unpaired) electrons. The second-order valence-corrected chi connectivity index (χ2v) is 11.3. The number of nitriles is 1. The summed E-state index contributed by atoms with van der Waals surface area (Å²) in [4.78, 5) is 0. The number of halogens is 3. The van der Waals surface area contributed by atoms with Gasteiger partial charge in [0.15, 0.2) is 0 Å². The highest BCUT2D eigenvalue weighted by Gasteiger charge is 2.37. The van der Waals surface area contributed by atoms with Crippen LogP contribution in [0.5, 0.6) is 0 Å². The first-order chi connectivity index (χ1) is 18.4. The Morgan fingerprint density at radius 1 is 1.16 bits per heavy atom. The molecular formula is C30H31Cl2FN2O3. The van der Waals surface area contributed by atoms with E-state index in [1.807, 2.05) is 6.07 Å². The van der Waals surface area contributed by atoms with E-state index in [9.17, 15) is 9.50 Å². The van der Waals surface area contributed by atoms with Gasteiger partial charge < -0.3 is 14.4 Å². The second-order valence-electron chi connectivity index (χ2n) is 10.5. The minimum atomic E-state index is -0.975. The zero-order valence-electron chi connectivity index (χ0n) is 21.2. The first-order valence-electron chi connectivity index (χ1n) is 13.4. The quantitative estimate of drug-likeness (QED) is 0.270. The normalized spacial score (nSPS) is 17.8. The molecule has 1 aromatic heterocycles. The van der Waals surface area contributed by atoms with E-state index in [2.05, 4.69) is 5.16 Å². The molecule has 2 saturated carbocycles. The maximum Gasteiger partial charge on any atom is 0.145 e. The summed E-state index contributed by atoms with van der Waals surface area (Å²) in [7, 11) is 0. The van der Waals surface area contributed by atoms with E-state index in [-0.39, 0.29) is 11.2 Å². The van der Waals surface area contributed by atoms with Gasteiger partial charge in [-0.15, -0.1) is 0 Å². The van der Waals surface area contributed by atoms with Crippen LogP contribution in [-0.2, 0) is 11.3 Å². The van der Waals surface area contributed by atoms with Gasteiger partial charge in [0.05, 0.1) is 40.0 Å². The molecule has 1 atom stereocenters. The van der Waals surface area contributed by atoms with E-state index in [1.165, 1.54) is 24.6 Å². The van der Waals surface area contributed by atoms with Gasteiger partial charge in [-0.3, -0.25) is 0 Å². The molecule has 0 saturated heterocycles. The minimum absolute atomic E-state index is 0.169. The summed E-state index contributed by atoms with van der Waals surface area (Å²) in [5.74, 6) is 0.698. The third-order valence-electron chi connectivity index (χ3n) is 7.85. The standard InChI is InChI=1S/C30H31Cl2FN2O3/c31-23-6-4-7-24(32)27(23)28-22(29(38-35-28)20-10-11-20)18-37-30(13-2-1-3-14-30)15-5-8-26(36)21-16-19(17-34)9-12-25(21)33/h4,6-7,9,12,16,20,26,36H,1-3,5,8,10-11,13-15,18H2. The van der Waals surface area contributed by atoms with Crippen LogP contribution in [-0.4, -0.2) is 15.9 Å². The Balaban J connectivity index is 1.32. The van der Waals surface area contributed by atoms with Gasteiger partial charge in [-0.05, 0) is 75.3 Å². The predicted molar refractivity (Wildman–Crippen MR) is 144 cm³/mol. The van der Waals surface area contributed by atoms with Crippen LogP contribution in [0, 0.1) is 17.1 Å². The number of nitrogens with zero attached hydrogens (tertiary/aromatic N) is 2. The highest BCUT2D eigenvalue weighted by atomic mass is 35.5. The average molecular weight is 557 g/mol. The van der Waals surface area contributed by atoms with E-state index in [0.717, 1.165) is 56.3 Å². The summed E-state index contributed by atoms with van der Waals surface area (Å²) in [6.07, 6.45) is 8.11. The summed E-state index contributed by atoms with van der Waals surface area (Å²) in [5, 5.41) is 25.2. The largest absolute Gasteiger partial charge is 0.388 e. The van der Waals surface area contributed by atoms with Crippen molar-refractivity contribution in [2.24, 2.45) is 0 Å². The Morgan fingerprint density at radius 3 is 2.58 bits per heavy atom. The van der Waals surface area contributed by atoms with Crippen molar-refractivity contribution in [3.8, 4) is 17.3 Å². The molecule has 2 aliphatic rings. The van der Waals surface area contributed by atoms with Crippen LogP contribution in [0.25, 0.3) is 11.3 Å². The summed E-state index contributed by atoms with van der Waals surface area (Å²) >= 11 is 13.0. The lowest BCUT2D eigenvalue weighted by atomic mass is 9.80. The molecule has 5 rings (SSSR count). The fraction of sp³-hybridized carbons (Fsp3) is 0.467. The van der Waals surface area contributed by atoms with Gasteiger partial charge in [-0.2, -0.15) is 5.26 Å². The van der Waals surface area contributed by atoms with Gasteiger partial charge in [0.2, 0.25) is 0 Å². The Hall–Kier alpha value is -2.43. The highest BCUT2D eigenvalue weighted by molar-refractivity contribution is 6.39. The van der Waals surface area contributed by atoms with Crippen molar-refractivity contribution in [1.29, 1.82) is 5.26 Å². The molecule has 2 fully saturated rings. The number of hydrogen-bond donors (Lipinski definition) is 1. The molecule has 0 amide bonds. The molecule has 8 heteroatoms. The van der Waals surface area contributed by atoms with Crippen LogP contribution in [0.1, 0.15) is 98.7 Å². The van der Waals surface area contributed by atoms with Crippen molar-refractivity contribution in [3.63, 3.8) is 0 Å². The van der Waals surface area contributed by atoms with Crippen molar-refractivity contribution in [2.75, 3.05) is 0 Å². The van der Waals surface area contributed by atoms with Crippen LogP contribution < -0.4 is 0 Å². The van der Waals surface area contributed by atoms with E-state index in [4.69, 9.17) is 37.7 Å². The molecule has 5 nitrogen and oxygen atoms in total. The van der Waals surface area contributed by atoms with Gasteiger partial charge in [-0.1, -0.05) is 53.7 Å². The fourth-order valence-corrected chi connectivity index (χ4v) is 6.15. The van der Waals surface area contributed by atoms with Crippen molar-refractivity contribution in [2.45, 2.75) is 88.4 Å². The summed E-state index contributed by atoms with van der Waals surface area (Å²) in [6, 6.07) is 11.5. The minimum Gasteiger partial charge on any atom is -0.388 e. The van der Waals surface area contributed by atoms with E-state index in [0.29, 0.717) is 52.2 Å². The zero-order valence-corrected chi connectivity index (χ0v) is 22.7. The van der Waals surface area contributed by atoms with E-state index < -0.39 is 11.9 Å². The van der Waals surface area contributed by atoms with Crippen molar-refractivity contribution < 1.29 is 18.8 Å². The topological polar surface area (TPSA) is 79.3 Å². The van der Waals surface area contributed by atoms with Gasteiger partial charge in [0, 0.05) is 22.6 Å². The Bertz CT molecular complexity index is 1310. The Kier molecular flexibility index (Phi) is 8.40. The maximum atomic E-state index is 14.3. The number of aromatic nitrogens is 1. The third-order valence-corrected chi connectivity index (χ3v) is 8.48. The van der Waals surface area contributed by atoms with Crippen LogP contribution >= 0.6 is 23.2 Å². The molecule has 200 valence electrons. The van der Waals surface area contributed by atoms with Gasteiger partial charge in [0.1, 0.15) is 17.3 Å². The lowest BCUT2D eigenvalue weighted by Crippen LogP contribution is -2.35. The number of benzene rings is 2. The number of ether oxygens (including phenoxy) is 1. The van der Waals surface area contributed by atoms with Gasteiger partial charge in [-0.25, -0.2) is 4.39 Å². The molecule has 2 aromatic carbocycles. The lowest BCUT2D eigenvalue weighted by molar-refractivity contribution is -0.0882. The van der Waals surface area contributed by atoms with Crippen LogP contribution in [0.2, 0.25) is 10.0 Å². The summed E-state index contributed by atoms with van der Waals surface area (Å²) in [5.41, 5.74) is 2.36. The number of aliphatic hydroxyl groups is 1. The predicted octanol–water partition coefficient (Wildman–Crippen LogP) is 8.66. The van der Waals surface area contributed by atoms with E-state index >= 15 is 0 Å². The second kappa shape index (κ2) is 11.8. The molecule has 38 heavy (non-hydrogen) atoms. The van der Waals surface area contributed by atoms with Crippen LogP contribution in [0.15, 0.2) is 40.9 Å². The molecule has 0 bridgehead atoms. The van der Waals surface area contributed by atoms with Crippen molar-refractivity contribution in [1.82, 2.24) is 5.16 Å². The third kappa shape index (κ3) is 5.92. The first-order valence-corrected chi connectivity index (χ1v) is 14.1. The van der Waals surface area contributed by atoms with Crippen molar-refractivity contribution >= 4 is 23.2 Å². The first kappa shape index (κ1) is 27.1. The van der Waals surface area contributed by atoms with E-state index in [1.54, 1.807) is 18.2 Å². The molecular weight excluding hydrogens is 526 g/mol. The molecule has 2 aliphatic carbocycles. The molecule has 0 aliphatic heterocycles. The monoisotopic (exact) mass is 556 g/mol. The fourth-order valence-electron chi connectivity index (χ4n) is 5.58. The highest BCUT2D eigenvalue weighted by Crippen LogP contribution is 2.47. The van der Waals surface area contributed by atoms with Crippen LogP contribution in [0.4, 0.5) is 4.39 Å². The molecule has 1 N–H and O–H groups in total. The van der Waals surface area contributed by atoms with Gasteiger partial charge in [0.25, 0.3) is 0 Å². The smallest absolute Gasteiger partial charge is 0.145 e. The summed E-state index contributed by atoms with van der Waals surface area (Å²) in [6.45, 7) is 0.341. The molecule has 0 spiro atoms. The number of hydrogen-bond acceptors (Lipinski definition) is 5. The Labute approximate surface area is 232 Å². The SMILES string of the molecule is N#Cc1ccc(F)c(C(O)CCCC2(OCc3c(-c4c(Cl)cccc4Cl)noc3C3CC3)CCCCC2)c1. The lowest BCUT2D eigenvalue weighted by Gasteiger charge is -2.38. The Morgan fingerprint density at radius 2 is 1.89 bits per heavy atom. The summed E-state index contributed by atoms with van der Waals surface area (Å²) < 4.78 is 26.9. The molecule has 1 heterocycles. The maximum absolute atomic E-state index is 14.3. The van der Waals surface area contributed by atoms with Crippen LogP contribution in [0.3, 0.4) is 0 Å².